The summed E-state index contributed by atoms with van der Waals surface area (Å²) in [7, 11) is 0. The molecule has 3 aromatic rings. The van der Waals surface area contributed by atoms with Crippen molar-refractivity contribution in [3.63, 3.8) is 0 Å². The molecule has 9 heteroatoms. The second-order valence-corrected chi connectivity index (χ2v) is 6.59. The number of aromatic nitrogens is 3. The summed E-state index contributed by atoms with van der Waals surface area (Å²) in [6.07, 6.45) is 1.85. The number of fused-ring (bicyclic) bond motifs is 1. The third-order valence-electron chi connectivity index (χ3n) is 4.21. The van der Waals surface area contributed by atoms with Crippen molar-refractivity contribution in [1.82, 2.24) is 15.2 Å². The molecule has 2 aromatic heterocycles. The first-order chi connectivity index (χ1) is 12.6. The molecule has 0 bridgehead atoms. The largest absolute Gasteiger partial charge is 0.352 e. The van der Waals surface area contributed by atoms with Gasteiger partial charge < -0.3 is 4.90 Å². The van der Waals surface area contributed by atoms with Crippen molar-refractivity contribution in [2.24, 2.45) is 0 Å². The molecule has 0 fully saturated rings. The molecular weight excluding hydrogens is 360 g/mol. The number of halogens is 2. The van der Waals surface area contributed by atoms with Crippen molar-refractivity contribution in [2.75, 3.05) is 16.8 Å². The topological polar surface area (TPSA) is 71.0 Å². The van der Waals surface area contributed by atoms with Crippen LogP contribution < -0.4 is 10.2 Å². The normalized spacial score (nSPS) is 13.4. The minimum absolute atomic E-state index is 0.238. The van der Waals surface area contributed by atoms with Crippen LogP contribution in [0.25, 0.3) is 0 Å². The van der Waals surface area contributed by atoms with Gasteiger partial charge in [-0.05, 0) is 36.2 Å². The number of nitrogens with zero attached hydrogens (tertiary/aromatic N) is 4. The van der Waals surface area contributed by atoms with Gasteiger partial charge in [-0.25, -0.2) is 13.8 Å². The lowest BCUT2D eigenvalue weighted by Crippen LogP contribution is -2.32. The molecule has 3 heterocycles. The van der Waals surface area contributed by atoms with E-state index in [4.69, 9.17) is 0 Å². The van der Waals surface area contributed by atoms with Gasteiger partial charge in [-0.1, -0.05) is 11.3 Å². The second-order valence-electron chi connectivity index (χ2n) is 5.76. The Labute approximate surface area is 151 Å². The maximum absolute atomic E-state index is 14.0. The van der Waals surface area contributed by atoms with E-state index in [0.717, 1.165) is 12.1 Å². The third-order valence-corrected chi connectivity index (χ3v) is 4.82. The first-order valence-electron chi connectivity index (χ1n) is 7.86. The van der Waals surface area contributed by atoms with E-state index in [0.29, 0.717) is 40.6 Å². The summed E-state index contributed by atoms with van der Waals surface area (Å²) in [5.74, 6) is -0.526. The molecule has 0 aliphatic carbocycles. The quantitative estimate of drug-likeness (QED) is 0.764. The van der Waals surface area contributed by atoms with E-state index >= 15 is 0 Å². The summed E-state index contributed by atoms with van der Waals surface area (Å²) in [5.41, 5.74) is 2.68. The van der Waals surface area contributed by atoms with Gasteiger partial charge in [0, 0.05) is 24.8 Å². The number of rotatable bonds is 3. The van der Waals surface area contributed by atoms with Crippen LogP contribution in [0, 0.1) is 11.6 Å². The van der Waals surface area contributed by atoms with Gasteiger partial charge >= 0.3 is 0 Å². The molecule has 0 saturated carbocycles. The summed E-state index contributed by atoms with van der Waals surface area (Å²) < 4.78 is 27.8. The molecule has 1 aromatic carbocycles. The van der Waals surface area contributed by atoms with E-state index in [1.54, 1.807) is 12.1 Å². The van der Waals surface area contributed by atoms with Crippen LogP contribution >= 0.6 is 11.3 Å². The number of amides is 1. The summed E-state index contributed by atoms with van der Waals surface area (Å²) in [4.78, 5) is 18.3. The minimum atomic E-state index is -0.417. The van der Waals surface area contributed by atoms with E-state index in [1.165, 1.54) is 23.0 Å². The SMILES string of the molecule is O=C(Nc1nncs1)c1ccc(N2CCc3c(F)ccc(F)c3C2)nc1. The summed E-state index contributed by atoms with van der Waals surface area (Å²) in [6, 6.07) is 5.63. The monoisotopic (exact) mass is 373 g/mol. The molecular formula is C17H13F2N5OS. The van der Waals surface area contributed by atoms with Crippen LogP contribution in [0.15, 0.2) is 36.0 Å². The maximum atomic E-state index is 14.0. The highest BCUT2D eigenvalue weighted by Gasteiger charge is 2.23. The number of hydrogen-bond acceptors (Lipinski definition) is 6. The number of pyridine rings is 1. The highest BCUT2D eigenvalue weighted by molar-refractivity contribution is 7.13. The fourth-order valence-electron chi connectivity index (χ4n) is 2.89. The highest BCUT2D eigenvalue weighted by Crippen LogP contribution is 2.27. The van der Waals surface area contributed by atoms with Gasteiger partial charge in [-0.15, -0.1) is 10.2 Å². The van der Waals surface area contributed by atoms with Gasteiger partial charge in [0.05, 0.1) is 5.56 Å². The summed E-state index contributed by atoms with van der Waals surface area (Å²) >= 11 is 1.22. The first kappa shape index (κ1) is 16.5. The maximum Gasteiger partial charge on any atom is 0.259 e. The zero-order valence-corrected chi connectivity index (χ0v) is 14.3. The summed E-state index contributed by atoms with van der Waals surface area (Å²) in [6.45, 7) is 0.763. The van der Waals surface area contributed by atoms with Crippen molar-refractivity contribution < 1.29 is 13.6 Å². The lowest BCUT2D eigenvalue weighted by atomic mass is 9.98. The fraction of sp³-hybridized carbons (Fsp3) is 0.176. The van der Waals surface area contributed by atoms with E-state index in [-0.39, 0.29) is 18.3 Å². The van der Waals surface area contributed by atoms with Crippen LogP contribution in [0.2, 0.25) is 0 Å². The Morgan fingerprint density at radius 3 is 2.65 bits per heavy atom. The molecule has 6 nitrogen and oxygen atoms in total. The van der Waals surface area contributed by atoms with E-state index < -0.39 is 5.82 Å². The average molecular weight is 373 g/mol. The predicted octanol–water partition coefficient (Wildman–Crippen LogP) is 3.03. The van der Waals surface area contributed by atoms with Crippen LogP contribution in [0.1, 0.15) is 21.5 Å². The highest BCUT2D eigenvalue weighted by atomic mass is 32.1. The Kier molecular flexibility index (Phi) is 4.29. The van der Waals surface area contributed by atoms with Gasteiger partial charge in [0.1, 0.15) is 23.0 Å². The molecule has 1 aliphatic heterocycles. The van der Waals surface area contributed by atoms with Crippen LogP contribution in [0.4, 0.5) is 19.7 Å². The fourth-order valence-corrected chi connectivity index (χ4v) is 3.33. The van der Waals surface area contributed by atoms with Crippen molar-refractivity contribution in [2.45, 2.75) is 13.0 Å². The number of benzene rings is 1. The predicted molar refractivity (Wildman–Crippen MR) is 93.2 cm³/mol. The van der Waals surface area contributed by atoms with Gasteiger partial charge in [0.25, 0.3) is 5.91 Å². The lowest BCUT2D eigenvalue weighted by molar-refractivity contribution is 0.102. The van der Waals surface area contributed by atoms with Crippen molar-refractivity contribution >= 4 is 28.2 Å². The smallest absolute Gasteiger partial charge is 0.259 e. The molecule has 0 spiro atoms. The second kappa shape index (κ2) is 6.75. The Morgan fingerprint density at radius 2 is 1.96 bits per heavy atom. The molecule has 26 heavy (non-hydrogen) atoms. The zero-order chi connectivity index (χ0) is 18.1. The molecule has 0 atom stereocenters. The number of anilines is 2. The number of carbonyl (C=O) groups excluding carboxylic acids is 1. The van der Waals surface area contributed by atoms with E-state index in [9.17, 15) is 13.6 Å². The van der Waals surface area contributed by atoms with Crippen molar-refractivity contribution in [3.05, 3.63) is 64.3 Å². The lowest BCUT2D eigenvalue weighted by Gasteiger charge is -2.30. The zero-order valence-electron chi connectivity index (χ0n) is 13.4. The van der Waals surface area contributed by atoms with Crippen molar-refractivity contribution in [3.8, 4) is 0 Å². The Bertz CT molecular complexity index is 947. The number of carbonyl (C=O) groups is 1. The molecule has 1 amide bonds. The van der Waals surface area contributed by atoms with E-state index in [2.05, 4.69) is 20.5 Å². The Hall–Kier alpha value is -2.94. The molecule has 0 unspecified atom stereocenters. The molecule has 1 N–H and O–H groups in total. The minimum Gasteiger partial charge on any atom is -0.352 e. The molecule has 0 radical (unpaired) electrons. The molecule has 132 valence electrons. The van der Waals surface area contributed by atoms with E-state index in [1.807, 2.05) is 4.90 Å². The average Bonchev–Trinajstić information content (AvgIpc) is 3.18. The van der Waals surface area contributed by atoms with Gasteiger partial charge in [-0.3, -0.25) is 10.1 Å². The summed E-state index contributed by atoms with van der Waals surface area (Å²) in [5, 5.41) is 10.4. The molecule has 1 aliphatic rings. The van der Waals surface area contributed by atoms with Crippen molar-refractivity contribution in [1.29, 1.82) is 0 Å². The Morgan fingerprint density at radius 1 is 1.15 bits per heavy atom. The Balaban J connectivity index is 1.51. The van der Waals surface area contributed by atoms with Gasteiger partial charge in [-0.2, -0.15) is 0 Å². The molecule has 0 saturated heterocycles. The third kappa shape index (κ3) is 3.13. The number of nitrogens with one attached hydrogen (secondary N) is 1. The van der Waals surface area contributed by atoms with Crippen LogP contribution in [-0.4, -0.2) is 27.6 Å². The number of hydrogen-bond donors (Lipinski definition) is 1. The molecule has 4 rings (SSSR count). The van der Waals surface area contributed by atoms with Gasteiger partial charge in [0.15, 0.2) is 0 Å². The first-order valence-corrected chi connectivity index (χ1v) is 8.74. The van der Waals surface area contributed by atoms with Crippen LogP contribution in [-0.2, 0) is 13.0 Å². The standard InChI is InChI=1S/C17H13F2N5OS/c18-13-2-3-14(19)12-8-24(6-5-11(12)13)15-4-1-10(7-20-15)16(25)22-17-23-21-9-26-17/h1-4,7,9H,5-6,8H2,(H,22,23,25). The van der Waals surface area contributed by atoms with Crippen LogP contribution in [0.3, 0.4) is 0 Å². The van der Waals surface area contributed by atoms with Gasteiger partial charge in [0.2, 0.25) is 5.13 Å². The van der Waals surface area contributed by atoms with Crippen LogP contribution in [0.5, 0.6) is 0 Å².